The predicted octanol–water partition coefficient (Wildman–Crippen LogP) is 2.94. The lowest BCUT2D eigenvalue weighted by atomic mass is 10.1. The number of H-pyrrole nitrogens is 1. The van der Waals surface area contributed by atoms with Crippen LogP contribution < -0.4 is 5.56 Å². The molecule has 0 aliphatic heterocycles. The molecular weight excluding hydrogens is 319 g/mol. The number of carboxylic acid groups (broad SMARTS) is 1. The first-order valence-corrected chi connectivity index (χ1v) is 7.11. The molecule has 2 aromatic carbocycles. The highest BCUT2D eigenvalue weighted by molar-refractivity contribution is 7.71. The maximum Gasteiger partial charge on any atom is 0.335 e. The number of carboxylic acids is 1. The van der Waals surface area contributed by atoms with Crippen LogP contribution in [-0.2, 0) is 6.54 Å². The Labute approximate surface area is 134 Å². The Hall–Kier alpha value is -2.80. The summed E-state index contributed by atoms with van der Waals surface area (Å²) in [6.45, 7) is 0.199. The maximum atomic E-state index is 13.0. The second-order valence-electron chi connectivity index (χ2n) is 5.01. The van der Waals surface area contributed by atoms with E-state index in [2.05, 4.69) is 4.98 Å². The topological polar surface area (TPSA) is 75.1 Å². The number of aromatic carboxylic acids is 1. The molecule has 0 spiro atoms. The van der Waals surface area contributed by atoms with E-state index in [1.54, 1.807) is 12.1 Å². The third kappa shape index (κ3) is 2.91. The van der Waals surface area contributed by atoms with Gasteiger partial charge in [-0.1, -0.05) is 12.1 Å². The van der Waals surface area contributed by atoms with Crippen molar-refractivity contribution in [2.75, 3.05) is 0 Å². The van der Waals surface area contributed by atoms with Crippen LogP contribution in [-0.4, -0.2) is 20.6 Å². The van der Waals surface area contributed by atoms with E-state index < -0.39 is 5.97 Å². The first-order chi connectivity index (χ1) is 11.0. The number of nitrogens with one attached hydrogen (secondary N) is 1. The molecule has 0 amide bonds. The van der Waals surface area contributed by atoms with Gasteiger partial charge in [-0.05, 0) is 48.1 Å². The Balaban J connectivity index is 2.13. The van der Waals surface area contributed by atoms with Crippen LogP contribution in [0.1, 0.15) is 15.9 Å². The fourth-order valence-corrected chi connectivity index (χ4v) is 2.56. The van der Waals surface area contributed by atoms with Crippen molar-refractivity contribution in [3.8, 4) is 0 Å². The molecule has 0 saturated carbocycles. The average Bonchev–Trinajstić information content (AvgIpc) is 2.52. The van der Waals surface area contributed by atoms with Crippen molar-refractivity contribution in [2.24, 2.45) is 0 Å². The fourth-order valence-electron chi connectivity index (χ4n) is 2.30. The molecule has 116 valence electrons. The zero-order chi connectivity index (χ0) is 16.6. The van der Waals surface area contributed by atoms with Crippen molar-refractivity contribution in [2.45, 2.75) is 6.54 Å². The van der Waals surface area contributed by atoms with E-state index in [4.69, 9.17) is 17.3 Å². The first kappa shape index (κ1) is 15.1. The molecular formula is C16H11FN2O3S. The summed E-state index contributed by atoms with van der Waals surface area (Å²) in [7, 11) is 0. The van der Waals surface area contributed by atoms with Gasteiger partial charge < -0.3 is 10.1 Å². The average molecular weight is 330 g/mol. The molecule has 3 rings (SSSR count). The zero-order valence-corrected chi connectivity index (χ0v) is 12.6. The van der Waals surface area contributed by atoms with Crippen LogP contribution in [0.25, 0.3) is 10.9 Å². The monoisotopic (exact) mass is 330 g/mol. The van der Waals surface area contributed by atoms with E-state index >= 15 is 0 Å². The smallest absolute Gasteiger partial charge is 0.335 e. The van der Waals surface area contributed by atoms with E-state index in [0.717, 1.165) is 5.56 Å². The molecule has 0 fully saturated rings. The van der Waals surface area contributed by atoms with Gasteiger partial charge in [0.05, 0.1) is 23.0 Å². The van der Waals surface area contributed by atoms with Crippen LogP contribution in [0.15, 0.2) is 47.3 Å². The van der Waals surface area contributed by atoms with Gasteiger partial charge in [0, 0.05) is 0 Å². The molecule has 0 aliphatic rings. The Bertz CT molecular complexity index is 1020. The molecule has 1 heterocycles. The van der Waals surface area contributed by atoms with E-state index in [1.807, 2.05) is 0 Å². The minimum Gasteiger partial charge on any atom is -0.478 e. The van der Waals surface area contributed by atoms with Crippen molar-refractivity contribution in [1.82, 2.24) is 9.55 Å². The van der Waals surface area contributed by atoms with Gasteiger partial charge >= 0.3 is 5.97 Å². The number of halogens is 1. The van der Waals surface area contributed by atoms with Crippen molar-refractivity contribution < 1.29 is 14.3 Å². The molecule has 0 unspecified atom stereocenters. The van der Waals surface area contributed by atoms with Gasteiger partial charge in [0.15, 0.2) is 4.77 Å². The number of aromatic amines is 1. The van der Waals surface area contributed by atoms with E-state index in [0.29, 0.717) is 10.9 Å². The van der Waals surface area contributed by atoms with Gasteiger partial charge in [0.1, 0.15) is 5.82 Å². The van der Waals surface area contributed by atoms with Crippen molar-refractivity contribution >= 4 is 29.1 Å². The molecule has 0 bridgehead atoms. The van der Waals surface area contributed by atoms with Gasteiger partial charge in [-0.2, -0.15) is 0 Å². The van der Waals surface area contributed by atoms with Crippen molar-refractivity contribution in [1.29, 1.82) is 0 Å². The normalized spacial score (nSPS) is 10.8. The molecule has 23 heavy (non-hydrogen) atoms. The highest BCUT2D eigenvalue weighted by Crippen LogP contribution is 2.12. The summed E-state index contributed by atoms with van der Waals surface area (Å²) in [5.41, 5.74) is 0.841. The molecule has 2 N–H and O–H groups in total. The zero-order valence-electron chi connectivity index (χ0n) is 11.7. The lowest BCUT2D eigenvalue weighted by Gasteiger charge is -2.09. The number of aromatic nitrogens is 2. The number of benzene rings is 2. The van der Waals surface area contributed by atoms with E-state index in [9.17, 15) is 14.0 Å². The van der Waals surface area contributed by atoms with Crippen LogP contribution in [0.5, 0.6) is 0 Å². The predicted molar refractivity (Wildman–Crippen MR) is 85.9 cm³/mol. The lowest BCUT2D eigenvalue weighted by Crippen LogP contribution is -2.23. The fraction of sp³-hybridized carbons (Fsp3) is 0.0625. The van der Waals surface area contributed by atoms with Crippen LogP contribution in [0.4, 0.5) is 4.39 Å². The summed E-state index contributed by atoms with van der Waals surface area (Å²) in [4.78, 5) is 26.4. The molecule has 3 aromatic rings. The maximum absolute atomic E-state index is 13.0. The summed E-state index contributed by atoms with van der Waals surface area (Å²) in [5, 5.41) is 9.34. The second kappa shape index (κ2) is 5.77. The largest absolute Gasteiger partial charge is 0.478 e. The highest BCUT2D eigenvalue weighted by atomic mass is 32.1. The van der Waals surface area contributed by atoms with E-state index in [-0.39, 0.29) is 28.3 Å². The van der Waals surface area contributed by atoms with Gasteiger partial charge in [0.2, 0.25) is 0 Å². The second-order valence-corrected chi connectivity index (χ2v) is 5.40. The van der Waals surface area contributed by atoms with Gasteiger partial charge in [-0.25, -0.2) is 9.18 Å². The summed E-state index contributed by atoms with van der Waals surface area (Å²) < 4.78 is 14.5. The molecule has 0 atom stereocenters. The van der Waals surface area contributed by atoms with Gasteiger partial charge in [-0.15, -0.1) is 0 Å². The minimum atomic E-state index is -1.08. The Kier molecular flexibility index (Phi) is 3.79. The van der Waals surface area contributed by atoms with Crippen molar-refractivity contribution in [3.63, 3.8) is 0 Å². The molecule has 5 nitrogen and oxygen atoms in total. The van der Waals surface area contributed by atoms with Crippen LogP contribution in [0, 0.1) is 10.6 Å². The number of hydrogen-bond donors (Lipinski definition) is 2. The van der Waals surface area contributed by atoms with Crippen LogP contribution in [0.3, 0.4) is 0 Å². The van der Waals surface area contributed by atoms with Crippen molar-refractivity contribution in [3.05, 3.63) is 74.5 Å². The molecule has 7 heteroatoms. The SMILES string of the molecule is O=C(O)c1ccc2c(=O)n(Cc3ccc(F)cc3)c(=S)[nH]c2c1. The number of fused-ring (bicyclic) bond motifs is 1. The number of hydrogen-bond acceptors (Lipinski definition) is 3. The lowest BCUT2D eigenvalue weighted by molar-refractivity contribution is 0.0697. The minimum absolute atomic E-state index is 0.0684. The summed E-state index contributed by atoms with van der Waals surface area (Å²) in [5.74, 6) is -1.44. The third-order valence-electron chi connectivity index (χ3n) is 3.48. The highest BCUT2D eigenvalue weighted by Gasteiger charge is 2.09. The Morgan fingerprint density at radius 1 is 1.22 bits per heavy atom. The quantitative estimate of drug-likeness (QED) is 0.724. The van der Waals surface area contributed by atoms with E-state index in [1.165, 1.54) is 34.9 Å². The first-order valence-electron chi connectivity index (χ1n) is 6.70. The third-order valence-corrected chi connectivity index (χ3v) is 3.81. The van der Waals surface area contributed by atoms with Crippen LogP contribution in [0.2, 0.25) is 0 Å². The number of carbonyl (C=O) groups is 1. The summed E-state index contributed by atoms with van der Waals surface area (Å²) >= 11 is 5.19. The standard InChI is InChI=1S/C16H11FN2O3S/c17-11-4-1-9(2-5-11)8-19-14(20)12-6-3-10(15(21)22)7-13(12)18-16(19)23/h1-7H,8H2,(H,18,23)(H,21,22). The number of nitrogens with zero attached hydrogens (tertiary/aromatic N) is 1. The Morgan fingerprint density at radius 3 is 2.57 bits per heavy atom. The summed E-state index contributed by atoms with van der Waals surface area (Å²) in [6, 6.07) is 9.97. The Morgan fingerprint density at radius 2 is 1.91 bits per heavy atom. The summed E-state index contributed by atoms with van der Waals surface area (Å²) in [6.07, 6.45) is 0. The van der Waals surface area contributed by atoms with Crippen LogP contribution >= 0.6 is 12.2 Å². The molecule has 0 radical (unpaired) electrons. The number of rotatable bonds is 3. The molecule has 1 aromatic heterocycles. The molecule has 0 aliphatic carbocycles. The van der Waals surface area contributed by atoms with Gasteiger partial charge in [-0.3, -0.25) is 9.36 Å². The molecule has 0 saturated heterocycles. The van der Waals surface area contributed by atoms with Gasteiger partial charge in [0.25, 0.3) is 5.56 Å².